The summed E-state index contributed by atoms with van der Waals surface area (Å²) in [7, 11) is 3.22. The van der Waals surface area contributed by atoms with Crippen LogP contribution in [0, 0.1) is 0 Å². The Hall–Kier alpha value is -0.650. The Bertz CT molecular complexity index is 286. The number of hydrogen-bond donors (Lipinski definition) is 1. The molecule has 1 rings (SSSR count). The zero-order valence-electron chi connectivity index (χ0n) is 12.7. The summed E-state index contributed by atoms with van der Waals surface area (Å²) in [6.07, 6.45) is 3.03. The van der Waals surface area contributed by atoms with Gasteiger partial charge in [-0.15, -0.1) is 0 Å². The van der Waals surface area contributed by atoms with Crippen molar-refractivity contribution in [1.29, 1.82) is 0 Å². The second kappa shape index (κ2) is 7.82. The summed E-state index contributed by atoms with van der Waals surface area (Å²) in [6, 6.07) is -0.203. The van der Waals surface area contributed by atoms with E-state index >= 15 is 0 Å². The third kappa shape index (κ3) is 5.09. The lowest BCUT2D eigenvalue weighted by Gasteiger charge is -2.39. The Kier molecular flexibility index (Phi) is 6.75. The van der Waals surface area contributed by atoms with Gasteiger partial charge in [-0.05, 0) is 39.3 Å². The Labute approximate surface area is 116 Å². The van der Waals surface area contributed by atoms with Crippen LogP contribution in [0.1, 0.15) is 33.1 Å². The highest BCUT2D eigenvalue weighted by Crippen LogP contribution is 2.23. The summed E-state index contributed by atoms with van der Waals surface area (Å²) in [4.78, 5) is 14.0. The predicted molar refractivity (Wildman–Crippen MR) is 75.2 cm³/mol. The van der Waals surface area contributed by atoms with Crippen LogP contribution < -0.4 is 5.32 Å². The van der Waals surface area contributed by atoms with Gasteiger partial charge >= 0.3 is 5.97 Å². The summed E-state index contributed by atoms with van der Waals surface area (Å²) in [6.45, 7) is 7.84. The van der Waals surface area contributed by atoms with Gasteiger partial charge in [0.1, 0.15) is 6.04 Å². The van der Waals surface area contributed by atoms with Crippen molar-refractivity contribution in [3.05, 3.63) is 0 Å². The monoisotopic (exact) mass is 272 g/mol. The van der Waals surface area contributed by atoms with Gasteiger partial charge in [-0.1, -0.05) is 6.92 Å². The lowest BCUT2D eigenvalue weighted by molar-refractivity contribution is -0.143. The first kappa shape index (κ1) is 16.4. The smallest absolute Gasteiger partial charge is 0.322 e. The topological polar surface area (TPSA) is 50.8 Å². The molecule has 1 heterocycles. The largest absolute Gasteiger partial charge is 0.468 e. The van der Waals surface area contributed by atoms with Crippen molar-refractivity contribution in [2.24, 2.45) is 0 Å². The van der Waals surface area contributed by atoms with Crippen molar-refractivity contribution in [1.82, 2.24) is 10.2 Å². The molecule has 1 saturated heterocycles. The first-order valence-corrected chi connectivity index (χ1v) is 7.13. The summed E-state index contributed by atoms with van der Waals surface area (Å²) >= 11 is 0. The van der Waals surface area contributed by atoms with Crippen molar-refractivity contribution in [2.75, 3.05) is 40.4 Å². The van der Waals surface area contributed by atoms with Crippen LogP contribution in [0.2, 0.25) is 0 Å². The minimum atomic E-state index is -0.203. The molecule has 1 fully saturated rings. The summed E-state index contributed by atoms with van der Waals surface area (Å²) in [5.74, 6) is -0.173. The first-order valence-electron chi connectivity index (χ1n) is 7.13. The molecule has 5 heteroatoms. The maximum Gasteiger partial charge on any atom is 0.322 e. The van der Waals surface area contributed by atoms with E-state index in [4.69, 9.17) is 9.47 Å². The molecular weight excluding hydrogens is 244 g/mol. The molecule has 0 amide bonds. The number of likely N-dealkylation sites (N-methyl/N-ethyl adjacent to an activating group) is 1. The van der Waals surface area contributed by atoms with Crippen molar-refractivity contribution in [2.45, 2.75) is 44.8 Å². The molecule has 19 heavy (non-hydrogen) atoms. The fraction of sp³-hybridized carbons (Fsp3) is 0.929. The van der Waals surface area contributed by atoms with E-state index in [1.807, 2.05) is 6.92 Å². The second-order valence-corrected chi connectivity index (χ2v) is 5.46. The Balaban J connectivity index is 2.43. The number of nitrogens with zero attached hydrogens (tertiary/aromatic N) is 1. The molecule has 112 valence electrons. The zero-order chi connectivity index (χ0) is 14.3. The van der Waals surface area contributed by atoms with Crippen molar-refractivity contribution >= 4 is 5.97 Å². The highest BCUT2D eigenvalue weighted by molar-refractivity contribution is 5.75. The van der Waals surface area contributed by atoms with Crippen LogP contribution in [0.15, 0.2) is 0 Å². The highest BCUT2D eigenvalue weighted by atomic mass is 16.5. The van der Waals surface area contributed by atoms with Gasteiger partial charge in [0.2, 0.25) is 0 Å². The molecule has 1 aliphatic heterocycles. The van der Waals surface area contributed by atoms with Gasteiger partial charge in [0.05, 0.1) is 12.7 Å². The van der Waals surface area contributed by atoms with E-state index in [-0.39, 0.29) is 17.6 Å². The van der Waals surface area contributed by atoms with Gasteiger partial charge in [-0.2, -0.15) is 0 Å². The number of rotatable bonds is 7. The van der Waals surface area contributed by atoms with Gasteiger partial charge < -0.3 is 19.7 Å². The number of hydrogen-bond acceptors (Lipinski definition) is 5. The molecule has 2 unspecified atom stereocenters. The third-order valence-corrected chi connectivity index (χ3v) is 3.90. The molecular formula is C14H28N2O3. The Morgan fingerprint density at radius 3 is 2.79 bits per heavy atom. The highest BCUT2D eigenvalue weighted by Gasteiger charge is 2.31. The normalized spacial score (nSPS) is 26.1. The van der Waals surface area contributed by atoms with E-state index in [1.54, 1.807) is 7.11 Å². The van der Waals surface area contributed by atoms with Gasteiger partial charge in [0.25, 0.3) is 0 Å². The second-order valence-electron chi connectivity index (χ2n) is 5.46. The Morgan fingerprint density at radius 1 is 1.47 bits per heavy atom. The molecule has 5 nitrogen and oxygen atoms in total. The number of likely N-dealkylation sites (tertiary alicyclic amines) is 1. The lowest BCUT2D eigenvalue weighted by atomic mass is 9.94. The number of carbonyl (C=O) groups excluding carboxylic acids is 1. The minimum Gasteiger partial charge on any atom is -0.468 e. The zero-order valence-corrected chi connectivity index (χ0v) is 12.7. The number of esters is 1. The number of ether oxygens (including phenoxy) is 2. The van der Waals surface area contributed by atoms with Crippen LogP contribution >= 0.6 is 0 Å². The van der Waals surface area contributed by atoms with E-state index in [9.17, 15) is 4.79 Å². The third-order valence-electron chi connectivity index (χ3n) is 3.90. The van der Waals surface area contributed by atoms with Gasteiger partial charge in [-0.3, -0.25) is 4.79 Å². The van der Waals surface area contributed by atoms with E-state index < -0.39 is 0 Å². The SMILES string of the molecule is CCNC(CCN1CCCC(C)(OC)C1)C(=O)OC. The average molecular weight is 272 g/mol. The van der Waals surface area contributed by atoms with Gasteiger partial charge in [0.15, 0.2) is 0 Å². The van der Waals surface area contributed by atoms with Crippen molar-refractivity contribution in [3.8, 4) is 0 Å². The maximum absolute atomic E-state index is 11.6. The van der Waals surface area contributed by atoms with Crippen molar-refractivity contribution < 1.29 is 14.3 Å². The molecule has 0 aromatic heterocycles. The number of piperidine rings is 1. The molecule has 1 N–H and O–H groups in total. The lowest BCUT2D eigenvalue weighted by Crippen LogP contribution is -2.49. The number of methoxy groups -OCH3 is 2. The fourth-order valence-corrected chi connectivity index (χ4v) is 2.67. The fourth-order valence-electron chi connectivity index (χ4n) is 2.67. The quantitative estimate of drug-likeness (QED) is 0.702. The van der Waals surface area contributed by atoms with Crippen LogP contribution in [0.4, 0.5) is 0 Å². The number of nitrogens with one attached hydrogen (secondary N) is 1. The summed E-state index contributed by atoms with van der Waals surface area (Å²) < 4.78 is 10.4. The van der Waals surface area contributed by atoms with E-state index in [0.29, 0.717) is 0 Å². The van der Waals surface area contributed by atoms with E-state index in [1.165, 1.54) is 7.11 Å². The van der Waals surface area contributed by atoms with Crippen LogP contribution in [0.5, 0.6) is 0 Å². The van der Waals surface area contributed by atoms with Crippen LogP contribution in [0.3, 0.4) is 0 Å². The van der Waals surface area contributed by atoms with Gasteiger partial charge in [-0.25, -0.2) is 0 Å². The molecule has 0 bridgehead atoms. The average Bonchev–Trinajstić information content (AvgIpc) is 2.42. The van der Waals surface area contributed by atoms with Gasteiger partial charge in [0, 0.05) is 20.2 Å². The molecule has 0 aliphatic carbocycles. The predicted octanol–water partition coefficient (Wildman–Crippen LogP) is 1.03. The Morgan fingerprint density at radius 2 is 2.21 bits per heavy atom. The molecule has 0 spiro atoms. The summed E-state index contributed by atoms with van der Waals surface area (Å²) in [5.41, 5.74) is -0.0444. The van der Waals surface area contributed by atoms with E-state index in [0.717, 1.165) is 45.4 Å². The van der Waals surface area contributed by atoms with Crippen LogP contribution in [-0.4, -0.2) is 62.9 Å². The van der Waals surface area contributed by atoms with Crippen LogP contribution in [-0.2, 0) is 14.3 Å². The molecule has 1 aliphatic rings. The van der Waals surface area contributed by atoms with E-state index in [2.05, 4.69) is 17.1 Å². The van der Waals surface area contributed by atoms with Crippen molar-refractivity contribution in [3.63, 3.8) is 0 Å². The number of carbonyl (C=O) groups is 1. The molecule has 0 radical (unpaired) electrons. The maximum atomic E-state index is 11.6. The molecule has 0 saturated carbocycles. The standard InChI is InChI=1S/C14H28N2O3/c1-5-15-12(13(17)18-3)7-10-16-9-6-8-14(2,11-16)19-4/h12,15H,5-11H2,1-4H3. The first-order chi connectivity index (χ1) is 9.04. The minimum absolute atomic E-state index is 0.0444. The molecule has 0 aromatic carbocycles. The molecule has 0 aromatic rings. The summed E-state index contributed by atoms with van der Waals surface area (Å²) in [5, 5.41) is 3.18. The van der Waals surface area contributed by atoms with Crippen LogP contribution in [0.25, 0.3) is 0 Å². The molecule has 2 atom stereocenters.